The molecule has 0 saturated carbocycles. The van der Waals surface area contributed by atoms with Crippen LogP contribution in [-0.4, -0.2) is 31.1 Å². The first-order chi connectivity index (χ1) is 9.15. The van der Waals surface area contributed by atoms with Gasteiger partial charge < -0.3 is 5.11 Å². The van der Waals surface area contributed by atoms with E-state index >= 15 is 0 Å². The molecule has 0 amide bonds. The summed E-state index contributed by atoms with van der Waals surface area (Å²) in [7, 11) is -3.98. The number of sulfonamides is 1. The zero-order chi connectivity index (χ0) is 15.5. The van der Waals surface area contributed by atoms with Crippen LogP contribution in [-0.2, 0) is 10.0 Å². The Balaban J connectivity index is 3.10. The number of hydrogen-bond acceptors (Lipinski definition) is 5. The number of nitro benzene ring substituents is 1. The Labute approximate surface area is 115 Å². The number of halogens is 1. The van der Waals surface area contributed by atoms with Crippen LogP contribution in [0, 0.1) is 22.9 Å². The summed E-state index contributed by atoms with van der Waals surface area (Å²) in [6.45, 7) is 2.72. The highest BCUT2D eigenvalue weighted by Gasteiger charge is 2.23. The maximum atomic E-state index is 13.5. The van der Waals surface area contributed by atoms with Crippen molar-refractivity contribution in [3.8, 4) is 0 Å². The number of hydrogen-bond donors (Lipinski definition) is 2. The van der Waals surface area contributed by atoms with Gasteiger partial charge in [0, 0.05) is 12.6 Å². The van der Waals surface area contributed by atoms with Crippen LogP contribution in [0.4, 0.5) is 10.1 Å². The molecule has 0 heterocycles. The number of nitrogens with zero attached hydrogens (tertiary/aromatic N) is 1. The molecule has 9 heteroatoms. The SMILES string of the molecule is Cc1cc(S(=O)(=O)NCCC(C)O)cc([N+](=O)[O-])c1F. The average molecular weight is 306 g/mol. The predicted molar refractivity (Wildman–Crippen MR) is 69.3 cm³/mol. The number of benzene rings is 1. The quantitative estimate of drug-likeness (QED) is 0.604. The van der Waals surface area contributed by atoms with E-state index in [0.717, 1.165) is 6.07 Å². The Bertz CT molecular complexity index is 615. The summed E-state index contributed by atoms with van der Waals surface area (Å²) in [6.07, 6.45) is -0.483. The zero-order valence-corrected chi connectivity index (χ0v) is 11.8. The van der Waals surface area contributed by atoms with Crippen molar-refractivity contribution in [2.24, 2.45) is 0 Å². The summed E-state index contributed by atoms with van der Waals surface area (Å²) in [5, 5.41) is 19.7. The minimum atomic E-state index is -3.98. The second-order valence-electron chi connectivity index (χ2n) is 4.37. The lowest BCUT2D eigenvalue weighted by Gasteiger charge is -2.09. The summed E-state index contributed by atoms with van der Waals surface area (Å²) >= 11 is 0. The molecular weight excluding hydrogens is 291 g/mol. The summed E-state index contributed by atoms with van der Waals surface area (Å²) in [5.74, 6) is -1.06. The third-order valence-corrected chi connectivity index (χ3v) is 4.01. The fourth-order valence-electron chi connectivity index (χ4n) is 1.49. The van der Waals surface area contributed by atoms with Crippen LogP contribution in [0.25, 0.3) is 0 Å². The molecule has 7 nitrogen and oxygen atoms in total. The van der Waals surface area contributed by atoms with Crippen molar-refractivity contribution in [1.29, 1.82) is 0 Å². The topological polar surface area (TPSA) is 110 Å². The third-order valence-electron chi connectivity index (χ3n) is 2.57. The van der Waals surface area contributed by atoms with E-state index in [1.807, 2.05) is 0 Å². The van der Waals surface area contributed by atoms with Crippen molar-refractivity contribution in [2.75, 3.05) is 6.54 Å². The molecule has 0 aliphatic rings. The van der Waals surface area contributed by atoms with Gasteiger partial charge in [0.25, 0.3) is 0 Å². The van der Waals surface area contributed by atoms with Gasteiger partial charge in [-0.3, -0.25) is 10.1 Å². The van der Waals surface area contributed by atoms with Crippen LogP contribution in [0.15, 0.2) is 17.0 Å². The maximum absolute atomic E-state index is 13.5. The van der Waals surface area contributed by atoms with E-state index in [2.05, 4.69) is 4.72 Å². The smallest absolute Gasteiger partial charge is 0.306 e. The van der Waals surface area contributed by atoms with E-state index in [9.17, 15) is 22.9 Å². The summed E-state index contributed by atoms with van der Waals surface area (Å²) in [4.78, 5) is 9.32. The fraction of sp³-hybridized carbons (Fsp3) is 0.455. The van der Waals surface area contributed by atoms with Gasteiger partial charge in [-0.2, -0.15) is 4.39 Å². The van der Waals surface area contributed by atoms with Gasteiger partial charge in [0.05, 0.1) is 15.9 Å². The normalized spacial score (nSPS) is 13.2. The summed E-state index contributed by atoms with van der Waals surface area (Å²) in [6, 6.07) is 1.69. The first-order valence-corrected chi connectivity index (χ1v) is 7.25. The molecule has 0 fully saturated rings. The minimum absolute atomic E-state index is 0.0236. The molecule has 1 aromatic carbocycles. The Hall–Kier alpha value is -1.58. The van der Waals surface area contributed by atoms with Gasteiger partial charge in [-0.25, -0.2) is 13.1 Å². The molecule has 1 atom stereocenters. The second kappa shape index (κ2) is 6.25. The molecule has 0 spiro atoms. The van der Waals surface area contributed by atoms with Crippen LogP contribution >= 0.6 is 0 Å². The Morgan fingerprint density at radius 3 is 2.60 bits per heavy atom. The van der Waals surface area contributed by atoms with E-state index in [4.69, 9.17) is 5.11 Å². The molecule has 0 aromatic heterocycles. The van der Waals surface area contributed by atoms with Gasteiger partial charge in [-0.1, -0.05) is 0 Å². The number of aryl methyl sites for hydroxylation is 1. The zero-order valence-electron chi connectivity index (χ0n) is 11.0. The minimum Gasteiger partial charge on any atom is -0.393 e. The van der Waals surface area contributed by atoms with Gasteiger partial charge >= 0.3 is 5.69 Å². The van der Waals surface area contributed by atoms with Gasteiger partial charge in [0.1, 0.15) is 0 Å². The van der Waals surface area contributed by atoms with Crippen molar-refractivity contribution in [2.45, 2.75) is 31.3 Å². The average Bonchev–Trinajstić information content (AvgIpc) is 2.31. The first kappa shape index (κ1) is 16.5. The molecule has 0 aliphatic carbocycles. The van der Waals surface area contributed by atoms with Crippen LogP contribution < -0.4 is 4.72 Å². The Morgan fingerprint density at radius 1 is 1.50 bits per heavy atom. The number of rotatable bonds is 6. The van der Waals surface area contributed by atoms with Gasteiger partial charge in [-0.15, -0.1) is 0 Å². The lowest BCUT2D eigenvalue weighted by Crippen LogP contribution is -2.27. The largest absolute Gasteiger partial charge is 0.393 e. The predicted octanol–water partition coefficient (Wildman–Crippen LogP) is 1.09. The number of nitro groups is 1. The highest BCUT2D eigenvalue weighted by molar-refractivity contribution is 7.89. The van der Waals surface area contributed by atoms with E-state index in [1.54, 1.807) is 0 Å². The molecule has 112 valence electrons. The van der Waals surface area contributed by atoms with E-state index < -0.39 is 32.6 Å². The van der Waals surface area contributed by atoms with Crippen molar-refractivity contribution < 1.29 is 22.8 Å². The molecule has 2 N–H and O–H groups in total. The number of aliphatic hydroxyl groups is 1. The molecule has 0 radical (unpaired) electrons. The molecule has 1 rings (SSSR count). The van der Waals surface area contributed by atoms with E-state index in [1.165, 1.54) is 13.8 Å². The highest BCUT2D eigenvalue weighted by atomic mass is 32.2. The fourth-order valence-corrected chi connectivity index (χ4v) is 2.64. The van der Waals surface area contributed by atoms with Crippen LogP contribution in [0.2, 0.25) is 0 Å². The number of nitrogens with one attached hydrogen (secondary N) is 1. The summed E-state index contributed by atoms with van der Waals surface area (Å²) < 4.78 is 39.5. The number of aliphatic hydroxyl groups excluding tert-OH is 1. The molecule has 1 aromatic rings. The van der Waals surface area contributed by atoms with Crippen molar-refractivity contribution >= 4 is 15.7 Å². The molecule has 0 bridgehead atoms. The third kappa shape index (κ3) is 3.95. The molecule has 0 saturated heterocycles. The van der Waals surface area contributed by atoms with E-state index in [-0.39, 0.29) is 23.4 Å². The molecule has 20 heavy (non-hydrogen) atoms. The first-order valence-electron chi connectivity index (χ1n) is 5.77. The van der Waals surface area contributed by atoms with Gasteiger partial charge in [0.2, 0.25) is 15.8 Å². The monoisotopic (exact) mass is 306 g/mol. The Morgan fingerprint density at radius 2 is 2.10 bits per heavy atom. The lowest BCUT2D eigenvalue weighted by atomic mass is 10.2. The Kier molecular flexibility index (Phi) is 5.15. The van der Waals surface area contributed by atoms with Gasteiger partial charge in [-0.05, 0) is 31.9 Å². The van der Waals surface area contributed by atoms with Crippen LogP contribution in [0.5, 0.6) is 0 Å². The van der Waals surface area contributed by atoms with Crippen LogP contribution in [0.1, 0.15) is 18.9 Å². The summed E-state index contributed by atoms with van der Waals surface area (Å²) in [5.41, 5.74) is -1.02. The maximum Gasteiger partial charge on any atom is 0.306 e. The molecule has 0 aliphatic heterocycles. The van der Waals surface area contributed by atoms with Crippen molar-refractivity contribution in [3.63, 3.8) is 0 Å². The van der Waals surface area contributed by atoms with Gasteiger partial charge in [0.15, 0.2) is 0 Å². The van der Waals surface area contributed by atoms with Crippen LogP contribution in [0.3, 0.4) is 0 Å². The second-order valence-corrected chi connectivity index (χ2v) is 6.13. The van der Waals surface area contributed by atoms with Crippen molar-refractivity contribution in [3.05, 3.63) is 33.6 Å². The van der Waals surface area contributed by atoms with E-state index in [0.29, 0.717) is 6.07 Å². The molecule has 1 unspecified atom stereocenters. The lowest BCUT2D eigenvalue weighted by molar-refractivity contribution is -0.387. The molecular formula is C11H15FN2O5S. The highest BCUT2D eigenvalue weighted by Crippen LogP contribution is 2.24. The standard InChI is InChI=1S/C11H15FN2O5S/c1-7-5-9(6-10(11(7)12)14(16)17)20(18,19)13-4-3-8(2)15/h5-6,8,13,15H,3-4H2,1-2H3. The van der Waals surface area contributed by atoms with Crippen molar-refractivity contribution in [1.82, 2.24) is 4.72 Å².